The van der Waals surface area contributed by atoms with Gasteiger partial charge < -0.3 is 30.0 Å². The minimum Gasteiger partial charge on any atom is -0.457 e. The Balaban J connectivity index is 1.54. The first-order valence-electron chi connectivity index (χ1n) is 10.2. The summed E-state index contributed by atoms with van der Waals surface area (Å²) >= 11 is 3.15. The van der Waals surface area contributed by atoms with Gasteiger partial charge in [-0.1, -0.05) is 0 Å². The van der Waals surface area contributed by atoms with Gasteiger partial charge in [-0.25, -0.2) is 9.37 Å². The fraction of sp³-hybridized carbons (Fsp3) is 0.217. The van der Waals surface area contributed by atoms with Gasteiger partial charge in [-0.05, 0) is 52.3 Å². The number of hydrogen-bond acceptors (Lipinski definition) is 6. The van der Waals surface area contributed by atoms with Crippen LogP contribution in [-0.2, 0) is 16.6 Å². The number of imidazole rings is 1. The number of primary amides is 1. The van der Waals surface area contributed by atoms with Crippen LogP contribution in [0.5, 0.6) is 5.75 Å². The Labute approximate surface area is 198 Å². The van der Waals surface area contributed by atoms with Crippen LogP contribution < -0.4 is 15.8 Å². The van der Waals surface area contributed by atoms with Crippen molar-refractivity contribution in [3.8, 4) is 5.75 Å². The fourth-order valence-corrected chi connectivity index (χ4v) is 3.74. The van der Waals surface area contributed by atoms with Gasteiger partial charge in [-0.3, -0.25) is 4.79 Å². The molecular weight excluding hydrogens is 493 g/mol. The molecule has 0 aliphatic carbocycles. The Bertz CT molecular complexity index is 1270. The van der Waals surface area contributed by atoms with E-state index in [1.807, 2.05) is 34.7 Å². The molecule has 2 aromatic carbocycles. The Kier molecular flexibility index (Phi) is 6.66. The number of nitrogens with one attached hydrogen (secondary N) is 1. The van der Waals surface area contributed by atoms with Gasteiger partial charge in [0.15, 0.2) is 0 Å². The van der Waals surface area contributed by atoms with Crippen molar-refractivity contribution in [2.24, 2.45) is 12.8 Å². The van der Waals surface area contributed by atoms with Gasteiger partial charge in [-0.2, -0.15) is 0 Å². The Morgan fingerprint density at radius 1 is 1.30 bits per heavy atom. The number of carbonyl (C=O) groups is 1. The lowest BCUT2D eigenvalue weighted by atomic mass is 10.2. The maximum Gasteiger partial charge on any atom is 0.265 e. The molecule has 0 fully saturated rings. The minimum absolute atomic E-state index is 0.362. The number of hydrogen-bond donors (Lipinski definition) is 2. The first-order chi connectivity index (χ1) is 15.9. The summed E-state index contributed by atoms with van der Waals surface area (Å²) in [4.78, 5) is 18.3. The molecule has 1 aliphatic rings. The van der Waals surface area contributed by atoms with Crippen LogP contribution in [0.25, 0.3) is 11.0 Å². The van der Waals surface area contributed by atoms with Crippen LogP contribution in [0.3, 0.4) is 0 Å². The van der Waals surface area contributed by atoms with Crippen LogP contribution in [0.1, 0.15) is 0 Å². The molecule has 0 radical (unpaired) electrons. The molecule has 3 N–H and O–H groups in total. The highest BCUT2D eigenvalue weighted by Crippen LogP contribution is 2.28. The average molecular weight is 516 g/mol. The van der Waals surface area contributed by atoms with Gasteiger partial charge >= 0.3 is 0 Å². The second-order valence-corrected chi connectivity index (χ2v) is 8.29. The fourth-order valence-electron chi connectivity index (χ4n) is 3.49. The molecule has 10 heteroatoms. The number of nitrogens with zero attached hydrogens (tertiary/aromatic N) is 3. The number of fused-ring (bicyclic) bond motifs is 1. The predicted octanol–water partition coefficient (Wildman–Crippen LogP) is 3.81. The van der Waals surface area contributed by atoms with E-state index in [9.17, 15) is 9.18 Å². The van der Waals surface area contributed by atoms with E-state index in [0.29, 0.717) is 58.5 Å². The van der Waals surface area contributed by atoms with Gasteiger partial charge in [0.2, 0.25) is 5.95 Å². The number of allylic oxidation sites excluding steroid dienone is 1. The monoisotopic (exact) mass is 515 g/mol. The van der Waals surface area contributed by atoms with Crippen LogP contribution in [0, 0.1) is 5.82 Å². The molecule has 0 unspecified atom stereocenters. The smallest absolute Gasteiger partial charge is 0.265 e. The van der Waals surface area contributed by atoms with Crippen LogP contribution in [0.15, 0.2) is 64.5 Å². The van der Waals surface area contributed by atoms with E-state index in [4.69, 9.17) is 15.2 Å². The Morgan fingerprint density at radius 2 is 2.12 bits per heavy atom. The highest BCUT2D eigenvalue weighted by Gasteiger charge is 2.20. The summed E-state index contributed by atoms with van der Waals surface area (Å²) in [6.45, 7) is 1.51. The zero-order valence-electron chi connectivity index (χ0n) is 18.1. The van der Waals surface area contributed by atoms with Gasteiger partial charge in [0.1, 0.15) is 23.0 Å². The SMILES string of the molecule is COCCN1CC=C(Oc2ccc3c(c2)nc(Nc2ccc(Br)c(F)c2)n3C)C=C1C(N)=O. The highest BCUT2D eigenvalue weighted by atomic mass is 79.9. The van der Waals surface area contributed by atoms with Crippen molar-refractivity contribution in [2.75, 3.05) is 32.1 Å². The molecule has 0 bridgehead atoms. The summed E-state index contributed by atoms with van der Waals surface area (Å²) in [6, 6.07) is 10.3. The molecule has 3 aromatic rings. The molecule has 172 valence electrons. The topological polar surface area (TPSA) is 94.6 Å². The van der Waals surface area contributed by atoms with E-state index in [1.165, 1.54) is 6.07 Å². The van der Waals surface area contributed by atoms with Gasteiger partial charge in [0, 0.05) is 45.1 Å². The zero-order valence-corrected chi connectivity index (χ0v) is 19.7. The largest absolute Gasteiger partial charge is 0.457 e. The normalized spacial score (nSPS) is 13.6. The number of carbonyl (C=O) groups excluding carboxylic acids is 1. The van der Waals surface area contributed by atoms with Crippen molar-refractivity contribution >= 4 is 44.5 Å². The number of aryl methyl sites for hydroxylation is 1. The lowest BCUT2D eigenvalue weighted by Crippen LogP contribution is -2.36. The lowest BCUT2D eigenvalue weighted by molar-refractivity contribution is -0.116. The molecule has 4 rings (SSSR count). The number of ether oxygens (including phenoxy) is 2. The summed E-state index contributed by atoms with van der Waals surface area (Å²) in [7, 11) is 3.47. The number of rotatable bonds is 8. The molecule has 0 saturated carbocycles. The molecule has 8 nitrogen and oxygen atoms in total. The maximum atomic E-state index is 13.8. The summed E-state index contributed by atoms with van der Waals surface area (Å²) in [5.41, 5.74) is 8.07. The zero-order chi connectivity index (χ0) is 23.5. The maximum absolute atomic E-state index is 13.8. The quantitative estimate of drug-likeness (QED) is 0.473. The lowest BCUT2D eigenvalue weighted by Gasteiger charge is -2.27. The first-order valence-corrected chi connectivity index (χ1v) is 11.0. The molecule has 1 amide bonds. The number of methoxy groups -OCH3 is 1. The van der Waals surface area contributed by atoms with Crippen LogP contribution in [0.2, 0.25) is 0 Å². The predicted molar refractivity (Wildman–Crippen MR) is 128 cm³/mol. The van der Waals surface area contributed by atoms with Crippen molar-refractivity contribution in [3.05, 3.63) is 70.3 Å². The Hall–Kier alpha value is -3.37. The third-order valence-electron chi connectivity index (χ3n) is 5.21. The van der Waals surface area contributed by atoms with Crippen LogP contribution in [-0.4, -0.2) is 47.2 Å². The molecular formula is C23H23BrFN5O3. The number of halogens is 2. The summed E-state index contributed by atoms with van der Waals surface area (Å²) in [5, 5.41) is 3.13. The molecule has 33 heavy (non-hydrogen) atoms. The summed E-state index contributed by atoms with van der Waals surface area (Å²) < 4.78 is 27.2. The average Bonchev–Trinajstić information content (AvgIpc) is 3.09. The van der Waals surface area contributed by atoms with E-state index in [0.717, 1.165) is 5.52 Å². The summed E-state index contributed by atoms with van der Waals surface area (Å²) in [5.74, 6) is 0.764. The van der Waals surface area contributed by atoms with E-state index in [1.54, 1.807) is 31.4 Å². The van der Waals surface area contributed by atoms with Crippen molar-refractivity contribution in [1.29, 1.82) is 0 Å². The number of amides is 1. The van der Waals surface area contributed by atoms with Crippen molar-refractivity contribution in [2.45, 2.75) is 0 Å². The van der Waals surface area contributed by atoms with E-state index < -0.39 is 5.91 Å². The van der Waals surface area contributed by atoms with Gasteiger partial charge in [0.05, 0.1) is 22.1 Å². The van der Waals surface area contributed by atoms with Crippen LogP contribution in [0.4, 0.5) is 16.0 Å². The van der Waals surface area contributed by atoms with E-state index >= 15 is 0 Å². The van der Waals surface area contributed by atoms with E-state index in [2.05, 4.69) is 26.2 Å². The first kappa shape index (κ1) is 22.8. The Morgan fingerprint density at radius 3 is 2.85 bits per heavy atom. The third kappa shape index (κ3) is 5.01. The molecule has 0 spiro atoms. The highest BCUT2D eigenvalue weighted by molar-refractivity contribution is 9.10. The second-order valence-electron chi connectivity index (χ2n) is 7.44. The van der Waals surface area contributed by atoms with E-state index in [-0.39, 0.29) is 5.82 Å². The molecule has 0 saturated heterocycles. The van der Waals surface area contributed by atoms with Gasteiger partial charge in [-0.15, -0.1) is 0 Å². The van der Waals surface area contributed by atoms with Gasteiger partial charge in [0.25, 0.3) is 5.91 Å². The minimum atomic E-state index is -0.527. The number of nitrogens with two attached hydrogens (primary N) is 1. The van der Waals surface area contributed by atoms with Crippen LogP contribution >= 0.6 is 15.9 Å². The van der Waals surface area contributed by atoms with Crippen molar-refractivity contribution in [1.82, 2.24) is 14.5 Å². The van der Waals surface area contributed by atoms with Crippen molar-refractivity contribution in [3.63, 3.8) is 0 Å². The standard InChI is InChI=1S/C23H23BrFN5O3/c1-29-20-6-4-15(33-16-7-8-30(9-10-32-2)21(13-16)22(26)31)12-19(20)28-23(29)27-14-3-5-17(24)18(25)11-14/h3-7,11-13H,8-10H2,1-2H3,(H2,26,31)(H,27,28). The second kappa shape index (κ2) is 9.63. The number of anilines is 2. The molecule has 1 aromatic heterocycles. The molecule has 1 aliphatic heterocycles. The number of aromatic nitrogens is 2. The molecule has 0 atom stereocenters. The van der Waals surface area contributed by atoms with Crippen molar-refractivity contribution < 1.29 is 18.7 Å². The molecule has 2 heterocycles. The number of benzene rings is 2. The summed E-state index contributed by atoms with van der Waals surface area (Å²) in [6.07, 6.45) is 3.50. The third-order valence-corrected chi connectivity index (χ3v) is 5.86.